The third-order valence-electron chi connectivity index (χ3n) is 3.35. The highest BCUT2D eigenvalue weighted by molar-refractivity contribution is 4.85. The largest absolute Gasteiger partial charge is 0.389 e. The second-order valence-electron chi connectivity index (χ2n) is 4.89. The maximum atomic E-state index is 12.0. The molecule has 5 heteroatoms. The molecule has 0 radical (unpaired) electrons. The third kappa shape index (κ3) is 5.73. The average molecular weight is 253 g/mol. The highest BCUT2D eigenvalue weighted by atomic mass is 19.4. The molecule has 0 aromatic heterocycles. The van der Waals surface area contributed by atoms with Crippen LogP contribution in [-0.4, -0.2) is 31.5 Å². The van der Waals surface area contributed by atoms with Crippen molar-refractivity contribution in [2.24, 2.45) is 0 Å². The predicted octanol–water partition coefficient (Wildman–Crippen LogP) is 3.26. The third-order valence-corrected chi connectivity index (χ3v) is 3.35. The van der Waals surface area contributed by atoms with Gasteiger partial charge in [0.05, 0.1) is 6.10 Å². The molecule has 0 heterocycles. The first kappa shape index (κ1) is 14.8. The Bertz CT molecular complexity index is 220. The fraction of sp³-hybridized carbons (Fsp3) is 1.00. The lowest BCUT2D eigenvalue weighted by Crippen LogP contribution is -2.42. The van der Waals surface area contributed by atoms with Gasteiger partial charge in [0.15, 0.2) is 0 Å². The molecular formula is C12H22F3NO. The number of nitrogens with one attached hydrogen (secondary N) is 1. The van der Waals surface area contributed by atoms with E-state index in [1.165, 1.54) is 0 Å². The number of hydrogen-bond acceptors (Lipinski definition) is 2. The lowest BCUT2D eigenvalue weighted by atomic mass is 10.1. The van der Waals surface area contributed by atoms with Gasteiger partial charge in [-0.15, -0.1) is 0 Å². The Morgan fingerprint density at radius 3 is 2.65 bits per heavy atom. The van der Waals surface area contributed by atoms with Gasteiger partial charge in [0.2, 0.25) is 0 Å². The summed E-state index contributed by atoms with van der Waals surface area (Å²) in [6, 6.07) is 0.430. The summed E-state index contributed by atoms with van der Waals surface area (Å²) < 4.78 is 41.3. The van der Waals surface area contributed by atoms with Crippen molar-refractivity contribution in [3.05, 3.63) is 0 Å². The summed E-state index contributed by atoms with van der Waals surface area (Å²) >= 11 is 0. The van der Waals surface area contributed by atoms with Gasteiger partial charge < -0.3 is 10.1 Å². The van der Waals surface area contributed by atoms with Crippen molar-refractivity contribution in [2.75, 3.05) is 7.11 Å². The van der Waals surface area contributed by atoms with Crippen molar-refractivity contribution in [1.29, 1.82) is 0 Å². The standard InChI is InChI=1S/C12H22F3NO/c1-9(5-4-8-12(13,14)15)16-10-6-3-7-11(10)17-2/h9-11,16H,3-8H2,1-2H3. The summed E-state index contributed by atoms with van der Waals surface area (Å²) in [5.41, 5.74) is 0. The Kier molecular flexibility index (Phi) is 5.73. The summed E-state index contributed by atoms with van der Waals surface area (Å²) in [5.74, 6) is 0. The molecule has 1 fully saturated rings. The van der Waals surface area contributed by atoms with E-state index in [0.717, 1.165) is 19.3 Å². The van der Waals surface area contributed by atoms with Gasteiger partial charge in [-0.3, -0.25) is 0 Å². The van der Waals surface area contributed by atoms with Crippen LogP contribution in [0.1, 0.15) is 45.4 Å². The lowest BCUT2D eigenvalue weighted by Gasteiger charge is -2.24. The normalized spacial score (nSPS) is 27.4. The second-order valence-corrected chi connectivity index (χ2v) is 4.89. The van der Waals surface area contributed by atoms with Crippen molar-refractivity contribution in [3.63, 3.8) is 0 Å². The van der Waals surface area contributed by atoms with Crippen LogP contribution < -0.4 is 5.32 Å². The maximum Gasteiger partial charge on any atom is 0.389 e. The minimum absolute atomic E-state index is 0.123. The molecule has 1 aliphatic carbocycles. The van der Waals surface area contributed by atoms with Crippen molar-refractivity contribution in [2.45, 2.75) is 69.8 Å². The first-order valence-corrected chi connectivity index (χ1v) is 6.28. The molecule has 102 valence electrons. The van der Waals surface area contributed by atoms with Crippen molar-refractivity contribution in [3.8, 4) is 0 Å². The molecule has 0 spiro atoms. The second kappa shape index (κ2) is 6.59. The molecule has 17 heavy (non-hydrogen) atoms. The number of hydrogen-bond donors (Lipinski definition) is 1. The monoisotopic (exact) mass is 253 g/mol. The first-order chi connectivity index (χ1) is 7.92. The van der Waals surface area contributed by atoms with Gasteiger partial charge in [-0.25, -0.2) is 0 Å². The van der Waals surface area contributed by atoms with Gasteiger partial charge in [0, 0.05) is 25.6 Å². The molecule has 0 aromatic rings. The van der Waals surface area contributed by atoms with Crippen LogP contribution >= 0.6 is 0 Å². The molecule has 1 aliphatic rings. The highest BCUT2D eigenvalue weighted by Crippen LogP contribution is 2.24. The van der Waals surface area contributed by atoms with E-state index >= 15 is 0 Å². The van der Waals surface area contributed by atoms with Gasteiger partial charge in [-0.05, 0) is 39.0 Å². The Morgan fingerprint density at radius 2 is 2.06 bits per heavy atom. The molecule has 0 aliphatic heterocycles. The Hall–Kier alpha value is -0.290. The van der Waals surface area contributed by atoms with Crippen molar-refractivity contribution < 1.29 is 17.9 Å². The quantitative estimate of drug-likeness (QED) is 0.784. The highest BCUT2D eigenvalue weighted by Gasteiger charge is 2.29. The molecule has 3 atom stereocenters. The maximum absolute atomic E-state index is 12.0. The van der Waals surface area contributed by atoms with Crippen LogP contribution in [0.5, 0.6) is 0 Å². The zero-order valence-electron chi connectivity index (χ0n) is 10.5. The molecule has 0 aromatic carbocycles. The van der Waals surface area contributed by atoms with E-state index in [-0.39, 0.29) is 18.6 Å². The van der Waals surface area contributed by atoms with E-state index in [4.69, 9.17) is 4.74 Å². The summed E-state index contributed by atoms with van der Waals surface area (Å²) in [6.07, 6.45) is -0.495. The number of halogens is 3. The molecule has 1 N–H and O–H groups in total. The molecule has 2 nitrogen and oxygen atoms in total. The summed E-state index contributed by atoms with van der Waals surface area (Å²) in [5, 5.41) is 3.37. The van der Waals surface area contributed by atoms with E-state index in [1.54, 1.807) is 7.11 Å². The number of ether oxygens (including phenoxy) is 1. The number of rotatable bonds is 6. The SMILES string of the molecule is COC1CCCC1NC(C)CCCC(F)(F)F. The molecule has 3 unspecified atom stereocenters. The zero-order chi connectivity index (χ0) is 12.9. The van der Waals surface area contributed by atoms with Crippen LogP contribution in [0.15, 0.2) is 0 Å². The van der Waals surface area contributed by atoms with Gasteiger partial charge in [0.1, 0.15) is 0 Å². The van der Waals surface area contributed by atoms with Crippen molar-refractivity contribution >= 4 is 0 Å². The smallest absolute Gasteiger partial charge is 0.380 e. The lowest BCUT2D eigenvalue weighted by molar-refractivity contribution is -0.135. The Balaban J connectivity index is 2.18. The summed E-state index contributed by atoms with van der Waals surface area (Å²) in [4.78, 5) is 0. The zero-order valence-corrected chi connectivity index (χ0v) is 10.5. The molecular weight excluding hydrogens is 231 g/mol. The average Bonchev–Trinajstić information content (AvgIpc) is 2.63. The van der Waals surface area contributed by atoms with Crippen LogP contribution in [0.3, 0.4) is 0 Å². The molecule has 1 rings (SSSR count). The van der Waals surface area contributed by atoms with Gasteiger partial charge >= 0.3 is 6.18 Å². The molecule has 0 bridgehead atoms. The number of methoxy groups -OCH3 is 1. The summed E-state index contributed by atoms with van der Waals surface area (Å²) in [7, 11) is 1.69. The fourth-order valence-electron chi connectivity index (χ4n) is 2.46. The van der Waals surface area contributed by atoms with E-state index in [9.17, 15) is 13.2 Å². The van der Waals surface area contributed by atoms with E-state index < -0.39 is 12.6 Å². The van der Waals surface area contributed by atoms with Crippen LogP contribution in [0.4, 0.5) is 13.2 Å². The molecule has 0 saturated heterocycles. The van der Waals surface area contributed by atoms with Crippen LogP contribution in [-0.2, 0) is 4.74 Å². The van der Waals surface area contributed by atoms with Gasteiger partial charge in [-0.1, -0.05) is 0 Å². The minimum atomic E-state index is -4.03. The van der Waals surface area contributed by atoms with Crippen molar-refractivity contribution in [1.82, 2.24) is 5.32 Å². The van der Waals surface area contributed by atoms with Crippen LogP contribution in [0.25, 0.3) is 0 Å². The van der Waals surface area contributed by atoms with Crippen LogP contribution in [0.2, 0.25) is 0 Å². The fourth-order valence-corrected chi connectivity index (χ4v) is 2.46. The van der Waals surface area contributed by atoms with E-state index in [1.807, 2.05) is 6.92 Å². The predicted molar refractivity (Wildman–Crippen MR) is 60.9 cm³/mol. The first-order valence-electron chi connectivity index (χ1n) is 6.28. The Morgan fingerprint density at radius 1 is 1.35 bits per heavy atom. The van der Waals surface area contributed by atoms with Gasteiger partial charge in [-0.2, -0.15) is 13.2 Å². The summed E-state index contributed by atoms with van der Waals surface area (Å²) in [6.45, 7) is 1.95. The van der Waals surface area contributed by atoms with Gasteiger partial charge in [0.25, 0.3) is 0 Å². The topological polar surface area (TPSA) is 21.3 Å². The molecule has 1 saturated carbocycles. The van der Waals surface area contributed by atoms with E-state index in [2.05, 4.69) is 5.32 Å². The molecule has 0 amide bonds. The van der Waals surface area contributed by atoms with Crippen LogP contribution in [0, 0.1) is 0 Å². The van der Waals surface area contributed by atoms with E-state index in [0.29, 0.717) is 12.5 Å². The number of alkyl halides is 3. The minimum Gasteiger partial charge on any atom is -0.380 e. The Labute approximate surface area is 101 Å².